The van der Waals surface area contributed by atoms with Gasteiger partial charge in [-0.3, -0.25) is 14.4 Å². The molecule has 0 saturated carbocycles. The molecule has 2 rings (SSSR count). The van der Waals surface area contributed by atoms with Crippen LogP contribution in [0.4, 0.5) is 0 Å². The largest absolute Gasteiger partial charge is 0.481 e. The average Bonchev–Trinajstić information content (AvgIpc) is 2.73. The zero-order chi connectivity index (χ0) is 21.9. The van der Waals surface area contributed by atoms with Crippen LogP contribution in [-0.4, -0.2) is 35.6 Å². The summed E-state index contributed by atoms with van der Waals surface area (Å²) in [6.07, 6.45) is 0.639. The van der Waals surface area contributed by atoms with Crippen LogP contribution in [0.3, 0.4) is 0 Å². The monoisotopic (exact) mass is 413 g/mol. The lowest BCUT2D eigenvalue weighted by molar-refractivity contribution is -0.148. The molecule has 6 nitrogen and oxygen atoms in total. The fourth-order valence-electron chi connectivity index (χ4n) is 3.27. The summed E-state index contributed by atoms with van der Waals surface area (Å²) >= 11 is 0. The fraction of sp³-hybridized carbons (Fsp3) is 0.375. The molecule has 0 aliphatic heterocycles. The number of rotatable bonds is 11. The number of benzene rings is 2. The number of ether oxygens (including phenoxy) is 1. The van der Waals surface area contributed by atoms with Crippen LogP contribution in [0.2, 0.25) is 0 Å². The van der Waals surface area contributed by atoms with E-state index in [1.807, 2.05) is 54.6 Å². The molecular weight excluding hydrogens is 382 g/mol. The minimum absolute atomic E-state index is 0. The van der Waals surface area contributed by atoms with Gasteiger partial charge in [0.15, 0.2) is 0 Å². The van der Waals surface area contributed by atoms with E-state index in [-0.39, 0.29) is 38.1 Å². The molecule has 0 aliphatic carbocycles. The maximum Gasteiger partial charge on any atom is 0.308 e. The number of nitrogens with one attached hydrogen (secondary N) is 1. The highest BCUT2D eigenvalue weighted by Gasteiger charge is 2.22. The second-order valence-electron chi connectivity index (χ2n) is 7.31. The molecule has 2 aromatic carbocycles. The molecule has 0 spiro atoms. The molecule has 2 N–H and O–H groups in total. The third kappa shape index (κ3) is 7.70. The molecule has 0 aromatic heterocycles. The van der Waals surface area contributed by atoms with E-state index < -0.39 is 5.97 Å². The van der Waals surface area contributed by atoms with E-state index in [2.05, 4.69) is 5.32 Å². The van der Waals surface area contributed by atoms with E-state index in [1.54, 1.807) is 13.8 Å². The molecule has 0 aliphatic rings. The summed E-state index contributed by atoms with van der Waals surface area (Å²) in [4.78, 5) is 34.9. The van der Waals surface area contributed by atoms with Gasteiger partial charge in [0.1, 0.15) is 0 Å². The van der Waals surface area contributed by atoms with Gasteiger partial charge in [-0.25, -0.2) is 0 Å². The summed E-state index contributed by atoms with van der Waals surface area (Å²) in [6, 6.07) is 17.8. The molecule has 30 heavy (non-hydrogen) atoms. The Morgan fingerprint density at radius 2 is 1.63 bits per heavy atom. The number of hydrogen-bond donors (Lipinski definition) is 2. The second-order valence-corrected chi connectivity index (χ2v) is 7.31. The highest BCUT2D eigenvalue weighted by Crippen LogP contribution is 2.21. The van der Waals surface area contributed by atoms with E-state index in [1.165, 1.54) is 0 Å². The van der Waals surface area contributed by atoms with Gasteiger partial charge in [0.05, 0.1) is 18.9 Å². The fourth-order valence-corrected chi connectivity index (χ4v) is 3.27. The van der Waals surface area contributed by atoms with Crippen molar-refractivity contribution in [2.45, 2.75) is 45.6 Å². The quantitative estimate of drug-likeness (QED) is 0.542. The van der Waals surface area contributed by atoms with Gasteiger partial charge in [-0.05, 0) is 36.5 Å². The number of carboxylic acid groups (broad SMARTS) is 1. The molecule has 0 bridgehead atoms. The SMILES string of the molecule is CCOC(=O)[C@H](C)CC(Cc1ccc(-c2ccccc2)cc1)NC(=O)CCC(=O)O.[HH]. The molecular formula is C24H31NO5. The van der Waals surface area contributed by atoms with Gasteiger partial charge in [-0.1, -0.05) is 61.5 Å². The summed E-state index contributed by atoms with van der Waals surface area (Å²) in [7, 11) is 0. The number of carbonyl (C=O) groups is 3. The van der Waals surface area contributed by atoms with Crippen molar-refractivity contribution in [1.82, 2.24) is 5.32 Å². The maximum absolute atomic E-state index is 12.2. The van der Waals surface area contributed by atoms with Gasteiger partial charge >= 0.3 is 11.9 Å². The topological polar surface area (TPSA) is 92.7 Å². The third-order valence-electron chi connectivity index (χ3n) is 4.80. The van der Waals surface area contributed by atoms with E-state index in [9.17, 15) is 14.4 Å². The minimum atomic E-state index is -1.02. The summed E-state index contributed by atoms with van der Waals surface area (Å²) in [5, 5.41) is 11.7. The Balaban J connectivity index is 0.00000480. The first-order valence-corrected chi connectivity index (χ1v) is 10.2. The Bertz CT molecular complexity index is 839. The van der Waals surface area contributed by atoms with Gasteiger partial charge in [-0.15, -0.1) is 0 Å². The Hall–Kier alpha value is -3.15. The highest BCUT2D eigenvalue weighted by molar-refractivity contribution is 5.81. The first kappa shape index (κ1) is 23.1. The van der Waals surface area contributed by atoms with Crippen molar-refractivity contribution in [3.63, 3.8) is 0 Å². The van der Waals surface area contributed by atoms with Gasteiger partial charge in [0, 0.05) is 13.9 Å². The van der Waals surface area contributed by atoms with Crippen molar-refractivity contribution in [2.24, 2.45) is 5.92 Å². The van der Waals surface area contributed by atoms with Crippen molar-refractivity contribution in [3.05, 3.63) is 60.2 Å². The first-order valence-electron chi connectivity index (χ1n) is 10.2. The molecule has 6 heteroatoms. The zero-order valence-electron chi connectivity index (χ0n) is 17.5. The minimum Gasteiger partial charge on any atom is -0.481 e. The molecule has 2 aromatic rings. The van der Waals surface area contributed by atoms with Gasteiger partial charge in [0.2, 0.25) is 5.91 Å². The number of esters is 1. The smallest absolute Gasteiger partial charge is 0.308 e. The molecule has 0 fully saturated rings. The normalized spacial score (nSPS) is 12.6. The van der Waals surface area contributed by atoms with Crippen molar-refractivity contribution in [1.29, 1.82) is 0 Å². The Morgan fingerprint density at radius 1 is 1.00 bits per heavy atom. The molecule has 0 saturated heterocycles. The van der Waals surface area contributed by atoms with Crippen LogP contribution in [0.5, 0.6) is 0 Å². The van der Waals surface area contributed by atoms with Gasteiger partial charge in [0.25, 0.3) is 0 Å². The number of carboxylic acids is 1. The molecule has 1 unspecified atom stereocenters. The van der Waals surface area contributed by atoms with Crippen LogP contribution >= 0.6 is 0 Å². The predicted molar refractivity (Wildman–Crippen MR) is 117 cm³/mol. The molecule has 2 atom stereocenters. The second kappa shape index (κ2) is 11.8. The lowest BCUT2D eigenvalue weighted by Gasteiger charge is -2.22. The number of amides is 1. The lowest BCUT2D eigenvalue weighted by Crippen LogP contribution is -2.39. The van der Waals surface area contributed by atoms with Crippen LogP contribution < -0.4 is 5.32 Å². The van der Waals surface area contributed by atoms with Crippen molar-refractivity contribution < 1.29 is 25.7 Å². The van der Waals surface area contributed by atoms with E-state index >= 15 is 0 Å². The highest BCUT2D eigenvalue weighted by atomic mass is 16.5. The van der Waals surface area contributed by atoms with Crippen LogP contribution in [0.25, 0.3) is 11.1 Å². The molecule has 0 heterocycles. The zero-order valence-corrected chi connectivity index (χ0v) is 17.5. The molecule has 0 radical (unpaired) electrons. The van der Waals surface area contributed by atoms with E-state index in [0.717, 1.165) is 16.7 Å². The number of aliphatic carboxylic acids is 1. The van der Waals surface area contributed by atoms with Crippen LogP contribution in [0.1, 0.15) is 40.1 Å². The summed E-state index contributed by atoms with van der Waals surface area (Å²) in [6.45, 7) is 3.83. The van der Waals surface area contributed by atoms with Crippen molar-refractivity contribution in [3.8, 4) is 11.1 Å². The average molecular weight is 414 g/mol. The van der Waals surface area contributed by atoms with Crippen LogP contribution in [-0.2, 0) is 25.5 Å². The predicted octanol–water partition coefficient (Wildman–Crippen LogP) is 4.08. The number of carbonyl (C=O) groups excluding carboxylic acids is 2. The third-order valence-corrected chi connectivity index (χ3v) is 4.80. The van der Waals surface area contributed by atoms with Crippen molar-refractivity contribution >= 4 is 17.8 Å². The summed E-state index contributed by atoms with van der Waals surface area (Å²) in [5.41, 5.74) is 3.24. The Morgan fingerprint density at radius 3 is 2.23 bits per heavy atom. The first-order chi connectivity index (χ1) is 14.4. The summed E-state index contributed by atoms with van der Waals surface area (Å²) in [5.74, 6) is -2.03. The van der Waals surface area contributed by atoms with E-state index in [0.29, 0.717) is 19.4 Å². The van der Waals surface area contributed by atoms with Crippen LogP contribution in [0, 0.1) is 5.92 Å². The van der Waals surface area contributed by atoms with Gasteiger partial charge in [-0.2, -0.15) is 0 Å². The summed E-state index contributed by atoms with van der Waals surface area (Å²) < 4.78 is 5.07. The Kier molecular flexibility index (Phi) is 9.06. The Labute approximate surface area is 178 Å². The van der Waals surface area contributed by atoms with Crippen LogP contribution in [0.15, 0.2) is 54.6 Å². The van der Waals surface area contributed by atoms with Crippen molar-refractivity contribution in [2.75, 3.05) is 6.61 Å². The maximum atomic E-state index is 12.2. The lowest BCUT2D eigenvalue weighted by atomic mass is 9.94. The standard InChI is InChI=1S/C24H29NO5.H2/c1-3-30-24(29)17(2)15-21(25-22(26)13-14-23(27)28)16-18-9-11-20(12-10-18)19-7-5-4-6-8-19;/h4-12,17,21H,3,13-16H2,1-2H3,(H,25,26)(H,27,28);1H/t17-,21?;/m1./s1. The van der Waals surface area contributed by atoms with E-state index in [4.69, 9.17) is 9.84 Å². The van der Waals surface area contributed by atoms with Gasteiger partial charge < -0.3 is 15.2 Å². The molecule has 162 valence electrons. The molecule has 1 amide bonds. The number of hydrogen-bond acceptors (Lipinski definition) is 4.